The molecule has 1 fully saturated rings. The molecule has 4 heteroatoms. The van der Waals surface area contributed by atoms with E-state index in [1.165, 1.54) is 36.0 Å². The molecule has 1 unspecified atom stereocenters. The second-order valence-corrected chi connectivity index (χ2v) is 5.95. The van der Waals surface area contributed by atoms with Crippen molar-refractivity contribution in [3.8, 4) is 0 Å². The zero-order valence-electron chi connectivity index (χ0n) is 12.8. The molecule has 21 heavy (non-hydrogen) atoms. The Morgan fingerprint density at radius 1 is 1.33 bits per heavy atom. The molecule has 4 nitrogen and oxygen atoms in total. The van der Waals surface area contributed by atoms with Crippen molar-refractivity contribution in [3.05, 3.63) is 52.8 Å². The van der Waals surface area contributed by atoms with Gasteiger partial charge in [0.05, 0.1) is 11.7 Å². The van der Waals surface area contributed by atoms with Crippen LogP contribution in [-0.4, -0.2) is 9.78 Å². The van der Waals surface area contributed by atoms with Crippen LogP contribution in [-0.2, 0) is 13.5 Å². The molecule has 1 heterocycles. The molecular formula is C17H24N4. The van der Waals surface area contributed by atoms with Gasteiger partial charge in [0.25, 0.3) is 0 Å². The minimum Gasteiger partial charge on any atom is -0.275 e. The molecule has 3 N–H and O–H groups in total. The van der Waals surface area contributed by atoms with Crippen molar-refractivity contribution in [2.24, 2.45) is 12.9 Å². The van der Waals surface area contributed by atoms with E-state index in [-0.39, 0.29) is 6.04 Å². The molecule has 1 saturated carbocycles. The van der Waals surface area contributed by atoms with Gasteiger partial charge in [-0.2, -0.15) is 5.10 Å². The molecule has 0 radical (unpaired) electrons. The number of nitrogens with zero attached hydrogens (tertiary/aromatic N) is 2. The summed E-state index contributed by atoms with van der Waals surface area (Å²) in [4.78, 5) is 0. The Labute approximate surface area is 126 Å². The van der Waals surface area contributed by atoms with E-state index in [1.807, 2.05) is 11.7 Å². The van der Waals surface area contributed by atoms with Crippen molar-refractivity contribution in [1.82, 2.24) is 15.2 Å². The molecule has 0 amide bonds. The Balaban J connectivity index is 1.88. The summed E-state index contributed by atoms with van der Waals surface area (Å²) in [7, 11) is 1.95. The molecule has 1 aliphatic carbocycles. The predicted molar refractivity (Wildman–Crippen MR) is 84.8 cm³/mol. The highest BCUT2D eigenvalue weighted by Crippen LogP contribution is 2.36. The summed E-state index contributed by atoms with van der Waals surface area (Å²) < 4.78 is 1.86. The quantitative estimate of drug-likeness (QED) is 0.655. The maximum absolute atomic E-state index is 5.82. The van der Waals surface area contributed by atoms with Crippen LogP contribution in [0.5, 0.6) is 0 Å². The fourth-order valence-corrected chi connectivity index (χ4v) is 3.14. The lowest BCUT2D eigenvalue weighted by atomic mass is 9.79. The van der Waals surface area contributed by atoms with E-state index >= 15 is 0 Å². The van der Waals surface area contributed by atoms with Crippen LogP contribution in [0.4, 0.5) is 0 Å². The van der Waals surface area contributed by atoms with Gasteiger partial charge in [0.2, 0.25) is 0 Å². The maximum atomic E-state index is 5.82. The lowest BCUT2D eigenvalue weighted by Gasteiger charge is -2.26. The molecule has 112 valence electrons. The summed E-state index contributed by atoms with van der Waals surface area (Å²) >= 11 is 0. The van der Waals surface area contributed by atoms with Crippen LogP contribution < -0.4 is 11.3 Å². The average Bonchev–Trinajstić information content (AvgIpc) is 2.81. The number of rotatable bonds is 5. The summed E-state index contributed by atoms with van der Waals surface area (Å²) in [6.45, 7) is 2.12. The van der Waals surface area contributed by atoms with Crippen molar-refractivity contribution >= 4 is 0 Å². The Morgan fingerprint density at radius 3 is 2.57 bits per heavy atom. The van der Waals surface area contributed by atoms with E-state index in [9.17, 15) is 0 Å². The minimum atomic E-state index is 0.00379. The summed E-state index contributed by atoms with van der Waals surface area (Å²) in [5.41, 5.74) is 7.87. The standard InChI is InChI=1S/C17H24N4/c1-3-16-15(11-21(2)20-16)17(19-18)14-9-7-13(8-10-14)12-5-4-6-12/h7-12,17,19H,3-6,18H2,1-2H3. The van der Waals surface area contributed by atoms with Crippen LogP contribution in [0.15, 0.2) is 30.5 Å². The van der Waals surface area contributed by atoms with Gasteiger partial charge in [0, 0.05) is 18.8 Å². The zero-order valence-corrected chi connectivity index (χ0v) is 12.8. The van der Waals surface area contributed by atoms with Crippen molar-refractivity contribution in [2.45, 2.75) is 44.6 Å². The van der Waals surface area contributed by atoms with Gasteiger partial charge in [-0.25, -0.2) is 5.43 Å². The van der Waals surface area contributed by atoms with E-state index in [0.717, 1.165) is 18.0 Å². The van der Waals surface area contributed by atoms with Crippen LogP contribution in [0, 0.1) is 0 Å². The normalized spacial score (nSPS) is 16.7. The van der Waals surface area contributed by atoms with Gasteiger partial charge in [-0.15, -0.1) is 0 Å². The van der Waals surface area contributed by atoms with Gasteiger partial charge >= 0.3 is 0 Å². The zero-order chi connectivity index (χ0) is 14.8. The molecule has 1 aromatic carbocycles. The topological polar surface area (TPSA) is 55.9 Å². The molecular weight excluding hydrogens is 260 g/mol. The summed E-state index contributed by atoms with van der Waals surface area (Å²) in [5, 5.41) is 4.51. The number of nitrogens with two attached hydrogens (primary N) is 1. The van der Waals surface area contributed by atoms with Crippen LogP contribution in [0.2, 0.25) is 0 Å². The molecule has 1 aromatic heterocycles. The fraction of sp³-hybridized carbons (Fsp3) is 0.471. The smallest absolute Gasteiger partial charge is 0.0743 e. The second-order valence-electron chi connectivity index (χ2n) is 5.95. The molecule has 3 rings (SSSR count). The Kier molecular flexibility index (Phi) is 4.08. The van der Waals surface area contributed by atoms with E-state index < -0.39 is 0 Å². The second kappa shape index (κ2) is 6.00. The Morgan fingerprint density at radius 2 is 2.05 bits per heavy atom. The highest BCUT2D eigenvalue weighted by Gasteiger charge is 2.21. The third kappa shape index (κ3) is 2.74. The first-order valence-electron chi connectivity index (χ1n) is 7.81. The van der Waals surface area contributed by atoms with Crippen molar-refractivity contribution in [1.29, 1.82) is 0 Å². The number of hydrogen-bond donors (Lipinski definition) is 2. The van der Waals surface area contributed by atoms with Gasteiger partial charge in [-0.05, 0) is 36.3 Å². The van der Waals surface area contributed by atoms with Crippen LogP contribution in [0.3, 0.4) is 0 Å². The number of aryl methyl sites for hydroxylation is 2. The lowest BCUT2D eigenvalue weighted by Crippen LogP contribution is -2.29. The van der Waals surface area contributed by atoms with E-state index in [1.54, 1.807) is 0 Å². The predicted octanol–water partition coefficient (Wildman–Crippen LogP) is 2.80. The highest BCUT2D eigenvalue weighted by molar-refractivity contribution is 5.36. The fourth-order valence-electron chi connectivity index (χ4n) is 3.14. The Hall–Kier alpha value is -1.65. The van der Waals surface area contributed by atoms with Gasteiger partial charge in [-0.3, -0.25) is 10.5 Å². The third-order valence-electron chi connectivity index (χ3n) is 4.60. The van der Waals surface area contributed by atoms with E-state index in [4.69, 9.17) is 5.84 Å². The largest absolute Gasteiger partial charge is 0.275 e. The first kappa shape index (κ1) is 14.3. The van der Waals surface area contributed by atoms with Crippen LogP contribution in [0.1, 0.15) is 60.5 Å². The number of nitrogens with one attached hydrogen (secondary N) is 1. The van der Waals surface area contributed by atoms with Gasteiger partial charge in [0.15, 0.2) is 0 Å². The van der Waals surface area contributed by atoms with Gasteiger partial charge in [0.1, 0.15) is 0 Å². The minimum absolute atomic E-state index is 0.00379. The molecule has 0 bridgehead atoms. The molecule has 0 spiro atoms. The first-order chi connectivity index (χ1) is 10.2. The van der Waals surface area contributed by atoms with Crippen molar-refractivity contribution in [3.63, 3.8) is 0 Å². The van der Waals surface area contributed by atoms with Crippen LogP contribution in [0.25, 0.3) is 0 Å². The number of aromatic nitrogens is 2. The molecule has 1 atom stereocenters. The molecule has 0 aliphatic heterocycles. The number of hydrogen-bond acceptors (Lipinski definition) is 3. The molecule has 0 saturated heterocycles. The van der Waals surface area contributed by atoms with E-state index in [0.29, 0.717) is 0 Å². The third-order valence-corrected chi connectivity index (χ3v) is 4.60. The summed E-state index contributed by atoms with van der Waals surface area (Å²) in [5.74, 6) is 6.59. The SMILES string of the molecule is CCc1nn(C)cc1C(NN)c1ccc(C2CCC2)cc1. The first-order valence-corrected chi connectivity index (χ1v) is 7.81. The summed E-state index contributed by atoms with van der Waals surface area (Å²) in [6, 6.07) is 8.91. The van der Waals surface area contributed by atoms with Crippen molar-refractivity contribution < 1.29 is 0 Å². The molecule has 1 aliphatic rings. The lowest BCUT2D eigenvalue weighted by molar-refractivity contribution is 0.419. The van der Waals surface area contributed by atoms with Crippen LogP contribution >= 0.6 is 0 Å². The monoisotopic (exact) mass is 284 g/mol. The summed E-state index contributed by atoms with van der Waals surface area (Å²) in [6.07, 6.45) is 7.01. The number of hydrazine groups is 1. The Bertz CT molecular complexity index is 596. The van der Waals surface area contributed by atoms with Gasteiger partial charge < -0.3 is 0 Å². The van der Waals surface area contributed by atoms with E-state index in [2.05, 4.69) is 47.9 Å². The number of benzene rings is 1. The average molecular weight is 284 g/mol. The van der Waals surface area contributed by atoms with Gasteiger partial charge in [-0.1, -0.05) is 37.6 Å². The molecule has 2 aromatic rings. The van der Waals surface area contributed by atoms with Crippen molar-refractivity contribution in [2.75, 3.05) is 0 Å². The maximum Gasteiger partial charge on any atom is 0.0743 e. The highest BCUT2D eigenvalue weighted by atomic mass is 15.3.